The van der Waals surface area contributed by atoms with Gasteiger partial charge in [0.15, 0.2) is 0 Å². The molecule has 3 heterocycles. The van der Waals surface area contributed by atoms with Crippen LogP contribution in [0.4, 0.5) is 11.4 Å². The molecule has 0 radical (unpaired) electrons. The highest BCUT2D eigenvalue weighted by molar-refractivity contribution is 6.21. The molecule has 2 fully saturated rings. The van der Waals surface area contributed by atoms with Crippen LogP contribution in [0.15, 0.2) is 12.1 Å². The molecule has 0 atom stereocenters. The Kier molecular flexibility index (Phi) is 4.06. The van der Waals surface area contributed by atoms with Gasteiger partial charge < -0.3 is 19.3 Å². The molecule has 1 aliphatic carbocycles. The van der Waals surface area contributed by atoms with Gasteiger partial charge in [-0.3, -0.25) is 4.79 Å². The highest BCUT2D eigenvalue weighted by atomic mass is 16.5. The lowest BCUT2D eigenvalue weighted by Gasteiger charge is -2.35. The van der Waals surface area contributed by atoms with Crippen molar-refractivity contribution >= 4 is 34.1 Å². The molecule has 5 rings (SSSR count). The van der Waals surface area contributed by atoms with Crippen molar-refractivity contribution in [2.45, 2.75) is 6.92 Å². The number of ether oxygens (including phenoxy) is 2. The monoisotopic (exact) mass is 366 g/mol. The smallest absolute Gasteiger partial charge is 0.204 e. The number of ketones is 1. The molecule has 3 aliphatic rings. The predicted octanol–water partition coefficient (Wildman–Crippen LogP) is 1.82. The SMILES string of the molecule is Cc1nc2c3c(c(N4CCOCC4)cc(N4CCOCC4)c3n1)C=CC2=O. The summed E-state index contributed by atoms with van der Waals surface area (Å²) in [7, 11) is 0. The maximum Gasteiger partial charge on any atom is 0.204 e. The van der Waals surface area contributed by atoms with Gasteiger partial charge in [-0.15, -0.1) is 0 Å². The fraction of sp³-hybridized carbons (Fsp3) is 0.450. The molecule has 0 bridgehead atoms. The third kappa shape index (κ3) is 2.78. The van der Waals surface area contributed by atoms with Crippen LogP contribution < -0.4 is 9.80 Å². The second-order valence-corrected chi connectivity index (χ2v) is 7.07. The molecule has 1 aromatic carbocycles. The summed E-state index contributed by atoms with van der Waals surface area (Å²) in [5.74, 6) is 0.575. The van der Waals surface area contributed by atoms with Crippen LogP contribution in [0.1, 0.15) is 21.9 Å². The van der Waals surface area contributed by atoms with Crippen LogP contribution in [0.2, 0.25) is 0 Å². The van der Waals surface area contributed by atoms with E-state index in [0.29, 0.717) is 37.9 Å². The van der Waals surface area contributed by atoms with E-state index in [-0.39, 0.29) is 5.78 Å². The van der Waals surface area contributed by atoms with Crippen LogP contribution in [-0.4, -0.2) is 68.4 Å². The molecular weight excluding hydrogens is 344 g/mol. The zero-order chi connectivity index (χ0) is 18.4. The minimum atomic E-state index is -0.0509. The number of morpholine rings is 2. The summed E-state index contributed by atoms with van der Waals surface area (Å²) in [6, 6.07) is 2.23. The van der Waals surface area contributed by atoms with Crippen LogP contribution in [0.25, 0.3) is 17.0 Å². The minimum Gasteiger partial charge on any atom is -0.378 e. The van der Waals surface area contributed by atoms with Crippen molar-refractivity contribution in [3.63, 3.8) is 0 Å². The Morgan fingerprint density at radius 3 is 2.19 bits per heavy atom. The van der Waals surface area contributed by atoms with Crippen molar-refractivity contribution in [2.75, 3.05) is 62.4 Å². The van der Waals surface area contributed by atoms with E-state index in [4.69, 9.17) is 14.5 Å². The topological polar surface area (TPSA) is 67.8 Å². The summed E-state index contributed by atoms with van der Waals surface area (Å²) in [6.45, 7) is 7.99. The maximum absolute atomic E-state index is 12.6. The summed E-state index contributed by atoms with van der Waals surface area (Å²) in [5, 5.41) is 0.874. The first-order valence-electron chi connectivity index (χ1n) is 9.45. The molecule has 27 heavy (non-hydrogen) atoms. The minimum absolute atomic E-state index is 0.0509. The summed E-state index contributed by atoms with van der Waals surface area (Å²) in [4.78, 5) is 26.4. The van der Waals surface area contributed by atoms with Crippen LogP contribution >= 0.6 is 0 Å². The highest BCUT2D eigenvalue weighted by Crippen LogP contribution is 2.40. The van der Waals surface area contributed by atoms with E-state index in [0.717, 1.165) is 54.0 Å². The van der Waals surface area contributed by atoms with Gasteiger partial charge in [0.25, 0.3) is 0 Å². The van der Waals surface area contributed by atoms with Gasteiger partial charge in [0.05, 0.1) is 37.6 Å². The van der Waals surface area contributed by atoms with Gasteiger partial charge >= 0.3 is 0 Å². The van der Waals surface area contributed by atoms with Gasteiger partial charge in [0.1, 0.15) is 11.5 Å². The van der Waals surface area contributed by atoms with Crippen molar-refractivity contribution in [3.05, 3.63) is 29.2 Å². The molecular formula is C20H22N4O3. The lowest BCUT2D eigenvalue weighted by Crippen LogP contribution is -2.38. The largest absolute Gasteiger partial charge is 0.378 e. The summed E-state index contributed by atoms with van der Waals surface area (Å²) < 4.78 is 11.1. The molecule has 7 nitrogen and oxygen atoms in total. The first kappa shape index (κ1) is 16.6. The standard InChI is InChI=1S/C20H22N4O3/c1-13-21-19-16(24-6-10-27-11-7-24)12-15(23-4-8-26-9-5-23)14-2-3-17(25)20(22-13)18(14)19/h2-3,12H,4-11H2,1H3. The summed E-state index contributed by atoms with van der Waals surface area (Å²) >= 11 is 0. The Balaban J connectivity index is 1.78. The number of aromatic nitrogens is 2. The number of carbonyl (C=O) groups is 1. The van der Waals surface area contributed by atoms with Crippen molar-refractivity contribution < 1.29 is 14.3 Å². The van der Waals surface area contributed by atoms with Gasteiger partial charge in [-0.1, -0.05) is 0 Å². The Labute approximate surface area is 157 Å². The zero-order valence-electron chi connectivity index (χ0n) is 15.4. The van der Waals surface area contributed by atoms with Gasteiger partial charge in [-0.25, -0.2) is 9.97 Å². The molecule has 0 spiro atoms. The molecule has 0 saturated carbocycles. The Bertz CT molecular complexity index is 944. The molecule has 0 unspecified atom stereocenters. The number of carbonyl (C=O) groups excluding carboxylic acids is 1. The molecule has 0 amide bonds. The Morgan fingerprint density at radius 1 is 0.889 bits per heavy atom. The van der Waals surface area contributed by atoms with Gasteiger partial charge in [-0.2, -0.15) is 0 Å². The van der Waals surface area contributed by atoms with E-state index in [9.17, 15) is 4.79 Å². The van der Waals surface area contributed by atoms with Crippen molar-refractivity contribution in [3.8, 4) is 0 Å². The van der Waals surface area contributed by atoms with Crippen LogP contribution in [0.3, 0.4) is 0 Å². The van der Waals surface area contributed by atoms with E-state index < -0.39 is 0 Å². The summed E-state index contributed by atoms with van der Waals surface area (Å²) in [5.41, 5.74) is 4.61. The van der Waals surface area contributed by atoms with Crippen molar-refractivity contribution in [1.82, 2.24) is 9.97 Å². The molecule has 2 saturated heterocycles. The second kappa shape index (κ2) is 6.58. The van der Waals surface area contributed by atoms with E-state index in [1.807, 2.05) is 13.0 Å². The fourth-order valence-corrected chi connectivity index (χ4v) is 4.11. The first-order chi connectivity index (χ1) is 13.2. The fourth-order valence-electron chi connectivity index (χ4n) is 4.11. The average Bonchev–Trinajstić information content (AvgIpc) is 2.71. The van der Waals surface area contributed by atoms with Crippen molar-refractivity contribution in [1.29, 1.82) is 0 Å². The van der Waals surface area contributed by atoms with Gasteiger partial charge in [0.2, 0.25) is 5.78 Å². The third-order valence-electron chi connectivity index (χ3n) is 5.42. The van der Waals surface area contributed by atoms with E-state index in [1.165, 1.54) is 0 Å². The van der Waals surface area contributed by atoms with Gasteiger partial charge in [-0.05, 0) is 25.1 Å². The van der Waals surface area contributed by atoms with E-state index >= 15 is 0 Å². The number of rotatable bonds is 2. The number of nitrogens with zero attached hydrogens (tertiary/aromatic N) is 4. The first-order valence-corrected chi connectivity index (χ1v) is 9.45. The average molecular weight is 366 g/mol. The lowest BCUT2D eigenvalue weighted by molar-refractivity contribution is 0.104. The number of hydrogen-bond acceptors (Lipinski definition) is 7. The summed E-state index contributed by atoms with van der Waals surface area (Å²) in [6.07, 6.45) is 3.55. The van der Waals surface area contributed by atoms with Crippen LogP contribution in [-0.2, 0) is 9.47 Å². The van der Waals surface area contributed by atoms with E-state index in [1.54, 1.807) is 6.08 Å². The quantitative estimate of drug-likeness (QED) is 0.803. The van der Waals surface area contributed by atoms with Crippen LogP contribution in [0.5, 0.6) is 0 Å². The normalized spacial score (nSPS) is 19.8. The zero-order valence-corrected chi connectivity index (χ0v) is 15.4. The molecule has 7 heteroatoms. The molecule has 0 N–H and O–H groups in total. The predicted molar refractivity (Wildman–Crippen MR) is 104 cm³/mol. The molecule has 1 aromatic heterocycles. The Hall–Kier alpha value is -2.51. The number of hydrogen-bond donors (Lipinski definition) is 0. The number of aryl methyl sites for hydroxylation is 1. The number of allylic oxidation sites excluding steroid dienone is 1. The molecule has 140 valence electrons. The number of anilines is 2. The number of benzene rings is 1. The van der Waals surface area contributed by atoms with Crippen molar-refractivity contribution in [2.24, 2.45) is 0 Å². The third-order valence-corrected chi connectivity index (χ3v) is 5.42. The van der Waals surface area contributed by atoms with E-state index in [2.05, 4.69) is 20.9 Å². The highest BCUT2D eigenvalue weighted by Gasteiger charge is 2.27. The second-order valence-electron chi connectivity index (χ2n) is 7.07. The van der Waals surface area contributed by atoms with Crippen LogP contribution in [0, 0.1) is 6.92 Å². The lowest BCUT2D eigenvalue weighted by atomic mass is 9.94. The molecule has 2 aliphatic heterocycles. The molecule has 2 aromatic rings. The maximum atomic E-state index is 12.6. The Morgan fingerprint density at radius 2 is 1.52 bits per heavy atom. The van der Waals surface area contributed by atoms with Gasteiger partial charge in [0, 0.05) is 42.8 Å².